The first-order chi connectivity index (χ1) is 14.0. The van der Waals surface area contributed by atoms with Crippen molar-refractivity contribution in [1.29, 1.82) is 0 Å². The van der Waals surface area contributed by atoms with Crippen molar-refractivity contribution < 1.29 is 9.18 Å². The number of hydrogen-bond donors (Lipinski definition) is 1. The number of anilines is 1. The summed E-state index contributed by atoms with van der Waals surface area (Å²) in [4.78, 5) is 21.2. The summed E-state index contributed by atoms with van der Waals surface area (Å²) in [6.07, 6.45) is 1.37. The van der Waals surface area contributed by atoms with E-state index >= 15 is 0 Å². The van der Waals surface area contributed by atoms with Crippen molar-refractivity contribution in [2.75, 3.05) is 5.32 Å². The normalized spacial score (nSPS) is 10.9. The maximum atomic E-state index is 13.4. The van der Waals surface area contributed by atoms with E-state index < -0.39 is 11.7 Å². The second-order valence-electron chi connectivity index (χ2n) is 6.25. The average Bonchev–Trinajstić information content (AvgIpc) is 3.27. The summed E-state index contributed by atoms with van der Waals surface area (Å²) in [5, 5.41) is 9.44. The predicted octanol–water partition coefficient (Wildman–Crippen LogP) is 4.80. The van der Waals surface area contributed by atoms with Gasteiger partial charge in [0.15, 0.2) is 5.13 Å². The van der Waals surface area contributed by atoms with E-state index in [0.29, 0.717) is 34.3 Å². The minimum absolute atomic E-state index is 0.257. The lowest BCUT2D eigenvalue weighted by atomic mass is 10.2. The summed E-state index contributed by atoms with van der Waals surface area (Å²) in [6.45, 7) is 2.19. The second kappa shape index (κ2) is 8.10. The summed E-state index contributed by atoms with van der Waals surface area (Å²) in [7, 11) is 0. The van der Waals surface area contributed by atoms with Crippen molar-refractivity contribution in [2.24, 2.45) is 0 Å². The molecule has 0 bridgehead atoms. The van der Waals surface area contributed by atoms with E-state index in [4.69, 9.17) is 11.6 Å². The van der Waals surface area contributed by atoms with Gasteiger partial charge in [0.25, 0.3) is 5.91 Å². The van der Waals surface area contributed by atoms with Gasteiger partial charge in [-0.15, -0.1) is 11.3 Å². The highest BCUT2D eigenvalue weighted by molar-refractivity contribution is 7.14. The van der Waals surface area contributed by atoms with Gasteiger partial charge in [0.2, 0.25) is 0 Å². The van der Waals surface area contributed by atoms with Crippen LogP contribution in [-0.2, 0) is 6.54 Å². The first-order valence-electron chi connectivity index (χ1n) is 8.67. The van der Waals surface area contributed by atoms with Crippen LogP contribution >= 0.6 is 22.9 Å². The number of hydrogen-bond acceptors (Lipinski definition) is 5. The molecule has 0 saturated heterocycles. The van der Waals surface area contributed by atoms with Gasteiger partial charge in [-0.1, -0.05) is 41.9 Å². The molecule has 146 valence electrons. The first kappa shape index (κ1) is 19.2. The van der Waals surface area contributed by atoms with Gasteiger partial charge in [-0.3, -0.25) is 15.1 Å². The predicted molar refractivity (Wildman–Crippen MR) is 111 cm³/mol. The summed E-state index contributed by atoms with van der Waals surface area (Å²) >= 11 is 7.65. The molecule has 3 heterocycles. The molecule has 0 aliphatic carbocycles. The number of aryl methyl sites for hydroxylation is 1. The number of aromatic nitrogens is 4. The molecule has 1 amide bonds. The van der Waals surface area contributed by atoms with Crippen LogP contribution in [0.25, 0.3) is 11.4 Å². The lowest BCUT2D eigenvalue weighted by Gasteiger charge is -2.04. The third-order valence-electron chi connectivity index (χ3n) is 4.18. The quantitative estimate of drug-likeness (QED) is 0.496. The summed E-state index contributed by atoms with van der Waals surface area (Å²) in [5.74, 6) is -0.804. The summed E-state index contributed by atoms with van der Waals surface area (Å²) < 4.78 is 15.0. The van der Waals surface area contributed by atoms with Crippen LogP contribution < -0.4 is 5.32 Å². The summed E-state index contributed by atoms with van der Waals surface area (Å²) in [6, 6.07) is 12.3. The zero-order valence-corrected chi connectivity index (χ0v) is 16.8. The van der Waals surface area contributed by atoms with Crippen molar-refractivity contribution in [2.45, 2.75) is 13.5 Å². The third-order valence-corrected chi connectivity index (χ3v) is 5.32. The fraction of sp³-hybridized carbons (Fsp3) is 0.100. The number of benzene rings is 1. The number of thiazole rings is 1. The Kier molecular flexibility index (Phi) is 5.37. The highest BCUT2D eigenvalue weighted by Crippen LogP contribution is 2.26. The minimum Gasteiger partial charge on any atom is -0.298 e. The van der Waals surface area contributed by atoms with E-state index in [1.807, 2.05) is 30.3 Å². The molecule has 0 saturated carbocycles. The molecular weight excluding hydrogens is 413 g/mol. The Morgan fingerprint density at radius 1 is 1.24 bits per heavy atom. The number of pyridine rings is 1. The van der Waals surface area contributed by atoms with Gasteiger partial charge in [0.05, 0.1) is 23.5 Å². The average molecular weight is 428 g/mol. The van der Waals surface area contributed by atoms with E-state index in [1.54, 1.807) is 17.0 Å². The van der Waals surface area contributed by atoms with Gasteiger partial charge in [-0.25, -0.2) is 14.1 Å². The highest BCUT2D eigenvalue weighted by atomic mass is 35.5. The molecule has 1 N–H and O–H groups in total. The lowest BCUT2D eigenvalue weighted by Crippen LogP contribution is -2.13. The monoisotopic (exact) mass is 427 g/mol. The van der Waals surface area contributed by atoms with E-state index in [9.17, 15) is 9.18 Å². The summed E-state index contributed by atoms with van der Waals surface area (Å²) in [5.41, 5.74) is 2.71. The van der Waals surface area contributed by atoms with Crippen molar-refractivity contribution in [3.05, 3.63) is 81.8 Å². The van der Waals surface area contributed by atoms with Crippen LogP contribution in [-0.4, -0.2) is 25.7 Å². The Hall–Kier alpha value is -3.10. The third kappa shape index (κ3) is 4.18. The number of rotatable bonds is 5. The van der Waals surface area contributed by atoms with Crippen LogP contribution in [0.5, 0.6) is 0 Å². The Balaban J connectivity index is 1.53. The highest BCUT2D eigenvalue weighted by Gasteiger charge is 2.21. The molecule has 0 aliphatic rings. The molecule has 9 heteroatoms. The maximum Gasteiger partial charge on any atom is 0.262 e. The number of nitrogens with zero attached hydrogens (tertiary/aromatic N) is 4. The van der Waals surface area contributed by atoms with Crippen LogP contribution in [0.1, 0.15) is 21.6 Å². The molecule has 0 aliphatic heterocycles. The Labute approximate surface area is 175 Å². The van der Waals surface area contributed by atoms with Gasteiger partial charge >= 0.3 is 0 Å². The number of carbonyl (C=O) groups is 1. The smallest absolute Gasteiger partial charge is 0.262 e. The van der Waals surface area contributed by atoms with Crippen molar-refractivity contribution >= 4 is 34.0 Å². The standard InChI is InChI=1S/C20H15ClFN5OS/c1-12-17(18(21)27(26-12)10-13-5-3-2-4-6-13)19(28)25-20-24-16(11-29-20)15-9-14(22)7-8-23-15/h2-9,11H,10H2,1H3,(H,24,25,28). The van der Waals surface area contributed by atoms with Crippen molar-refractivity contribution in [3.63, 3.8) is 0 Å². The van der Waals surface area contributed by atoms with Gasteiger partial charge in [-0.05, 0) is 18.6 Å². The van der Waals surface area contributed by atoms with Crippen LogP contribution in [0.2, 0.25) is 5.15 Å². The van der Waals surface area contributed by atoms with E-state index in [2.05, 4.69) is 20.4 Å². The molecule has 4 aromatic rings. The number of nitrogens with one attached hydrogen (secondary N) is 1. The Morgan fingerprint density at radius 3 is 2.79 bits per heavy atom. The molecule has 0 spiro atoms. The molecule has 0 unspecified atom stereocenters. The Bertz CT molecular complexity index is 1170. The van der Waals surface area contributed by atoms with Crippen LogP contribution in [0.15, 0.2) is 54.0 Å². The molecule has 3 aromatic heterocycles. The van der Waals surface area contributed by atoms with Crippen LogP contribution in [0.4, 0.5) is 9.52 Å². The molecular formula is C20H15ClFN5OS. The first-order valence-corrected chi connectivity index (χ1v) is 9.92. The van der Waals surface area contributed by atoms with Crippen molar-refractivity contribution in [1.82, 2.24) is 19.7 Å². The maximum absolute atomic E-state index is 13.4. The molecule has 4 rings (SSSR count). The molecule has 0 radical (unpaired) electrons. The zero-order chi connectivity index (χ0) is 20.4. The lowest BCUT2D eigenvalue weighted by molar-refractivity contribution is 0.102. The van der Waals surface area contributed by atoms with E-state index in [-0.39, 0.29) is 5.15 Å². The van der Waals surface area contributed by atoms with Gasteiger partial charge in [0, 0.05) is 17.6 Å². The molecule has 29 heavy (non-hydrogen) atoms. The van der Waals surface area contributed by atoms with E-state index in [1.165, 1.54) is 29.7 Å². The fourth-order valence-electron chi connectivity index (χ4n) is 2.83. The minimum atomic E-state index is -0.403. The molecule has 6 nitrogen and oxygen atoms in total. The number of amides is 1. The molecule has 1 aromatic carbocycles. The van der Waals surface area contributed by atoms with Crippen LogP contribution in [0, 0.1) is 12.7 Å². The SMILES string of the molecule is Cc1nn(Cc2ccccc2)c(Cl)c1C(=O)Nc1nc(-c2cc(F)ccn2)cs1. The van der Waals surface area contributed by atoms with Gasteiger partial charge in [-0.2, -0.15) is 5.10 Å². The molecule has 0 atom stereocenters. The largest absolute Gasteiger partial charge is 0.298 e. The van der Waals surface area contributed by atoms with Gasteiger partial charge < -0.3 is 0 Å². The zero-order valence-electron chi connectivity index (χ0n) is 15.3. The second-order valence-corrected chi connectivity index (χ2v) is 7.46. The number of halogens is 2. The molecule has 0 fully saturated rings. The van der Waals surface area contributed by atoms with Crippen LogP contribution in [0.3, 0.4) is 0 Å². The van der Waals surface area contributed by atoms with Gasteiger partial charge in [0.1, 0.15) is 16.7 Å². The topological polar surface area (TPSA) is 72.7 Å². The Morgan fingerprint density at radius 2 is 2.03 bits per heavy atom. The fourth-order valence-corrected chi connectivity index (χ4v) is 3.85. The van der Waals surface area contributed by atoms with Crippen molar-refractivity contribution in [3.8, 4) is 11.4 Å². The number of carbonyl (C=O) groups excluding carboxylic acids is 1. The van der Waals surface area contributed by atoms with E-state index in [0.717, 1.165) is 5.56 Å².